The van der Waals surface area contributed by atoms with Gasteiger partial charge in [-0.15, -0.1) is 0 Å². The fourth-order valence-corrected chi connectivity index (χ4v) is 2.47. The SMILES string of the molecule is CCC1OCCC1C(=O)Nc1ccc(C(N)=S)cc1F. The third-order valence-electron chi connectivity index (χ3n) is 3.46. The molecule has 0 radical (unpaired) electrons. The molecule has 1 aliphatic rings. The number of hydrogen-bond donors (Lipinski definition) is 2. The number of carbonyl (C=O) groups is 1. The Morgan fingerprint density at radius 2 is 2.35 bits per heavy atom. The number of ether oxygens (including phenoxy) is 1. The van der Waals surface area contributed by atoms with Gasteiger partial charge in [0.2, 0.25) is 5.91 Å². The Morgan fingerprint density at radius 3 is 2.95 bits per heavy atom. The van der Waals surface area contributed by atoms with Crippen molar-refractivity contribution in [1.82, 2.24) is 0 Å². The molecule has 6 heteroatoms. The second-order valence-electron chi connectivity index (χ2n) is 4.76. The van der Waals surface area contributed by atoms with E-state index < -0.39 is 5.82 Å². The number of carbonyl (C=O) groups excluding carboxylic acids is 1. The summed E-state index contributed by atoms with van der Waals surface area (Å²) in [6, 6.07) is 4.28. The lowest BCUT2D eigenvalue weighted by Gasteiger charge is -2.16. The van der Waals surface area contributed by atoms with E-state index in [1.54, 1.807) is 6.07 Å². The van der Waals surface area contributed by atoms with Crippen LogP contribution in [0.3, 0.4) is 0 Å². The number of nitrogens with two attached hydrogens (primary N) is 1. The van der Waals surface area contributed by atoms with Gasteiger partial charge >= 0.3 is 0 Å². The lowest BCUT2D eigenvalue weighted by Crippen LogP contribution is -2.29. The average Bonchev–Trinajstić information content (AvgIpc) is 2.89. The summed E-state index contributed by atoms with van der Waals surface area (Å²) in [7, 11) is 0. The van der Waals surface area contributed by atoms with Gasteiger partial charge in [0.05, 0.1) is 17.7 Å². The van der Waals surface area contributed by atoms with Crippen LogP contribution in [0.15, 0.2) is 18.2 Å². The molecule has 1 saturated heterocycles. The van der Waals surface area contributed by atoms with Crippen LogP contribution in [0.1, 0.15) is 25.3 Å². The Kier molecular flexibility index (Phi) is 4.67. The highest BCUT2D eigenvalue weighted by Gasteiger charge is 2.33. The van der Waals surface area contributed by atoms with Gasteiger partial charge in [0, 0.05) is 12.2 Å². The number of benzene rings is 1. The second-order valence-corrected chi connectivity index (χ2v) is 5.20. The molecule has 0 spiro atoms. The van der Waals surface area contributed by atoms with Gasteiger partial charge in [0.1, 0.15) is 10.8 Å². The topological polar surface area (TPSA) is 64.3 Å². The molecule has 2 rings (SSSR count). The van der Waals surface area contributed by atoms with Gasteiger partial charge in [-0.25, -0.2) is 4.39 Å². The molecule has 1 fully saturated rings. The highest BCUT2D eigenvalue weighted by molar-refractivity contribution is 7.80. The first-order chi connectivity index (χ1) is 9.52. The van der Waals surface area contributed by atoms with E-state index in [0.717, 1.165) is 6.42 Å². The molecule has 1 aromatic rings. The van der Waals surface area contributed by atoms with E-state index in [1.165, 1.54) is 12.1 Å². The summed E-state index contributed by atoms with van der Waals surface area (Å²) < 4.78 is 19.3. The molecule has 1 heterocycles. The summed E-state index contributed by atoms with van der Waals surface area (Å²) in [6.07, 6.45) is 1.34. The first-order valence-corrected chi connectivity index (χ1v) is 6.95. The number of anilines is 1. The van der Waals surface area contributed by atoms with Gasteiger partial charge < -0.3 is 15.8 Å². The summed E-state index contributed by atoms with van der Waals surface area (Å²) in [4.78, 5) is 12.3. The molecular weight excluding hydrogens is 279 g/mol. The molecule has 0 aliphatic carbocycles. The fourth-order valence-electron chi connectivity index (χ4n) is 2.35. The van der Waals surface area contributed by atoms with Gasteiger partial charge in [-0.2, -0.15) is 0 Å². The molecule has 2 atom stereocenters. The molecular formula is C14H17FN2O2S. The van der Waals surface area contributed by atoms with Crippen LogP contribution in [0.4, 0.5) is 10.1 Å². The number of hydrogen-bond acceptors (Lipinski definition) is 3. The first-order valence-electron chi connectivity index (χ1n) is 6.54. The van der Waals surface area contributed by atoms with Gasteiger partial charge in [-0.05, 0) is 31.0 Å². The number of rotatable bonds is 4. The molecule has 0 bridgehead atoms. The van der Waals surface area contributed by atoms with Crippen molar-refractivity contribution in [3.05, 3.63) is 29.6 Å². The molecule has 108 valence electrons. The summed E-state index contributed by atoms with van der Waals surface area (Å²) in [5.41, 5.74) is 6.00. The van der Waals surface area contributed by atoms with Crippen molar-refractivity contribution < 1.29 is 13.9 Å². The van der Waals surface area contributed by atoms with Gasteiger partial charge in [-0.3, -0.25) is 4.79 Å². The minimum atomic E-state index is -0.546. The Labute approximate surface area is 122 Å². The minimum Gasteiger partial charge on any atom is -0.389 e. The zero-order chi connectivity index (χ0) is 14.7. The summed E-state index contributed by atoms with van der Waals surface area (Å²) in [5, 5.41) is 2.60. The lowest BCUT2D eigenvalue weighted by atomic mass is 9.98. The number of halogens is 1. The Bertz CT molecular complexity index is 536. The van der Waals surface area contributed by atoms with E-state index in [4.69, 9.17) is 22.7 Å². The van der Waals surface area contributed by atoms with E-state index in [0.29, 0.717) is 18.6 Å². The van der Waals surface area contributed by atoms with Crippen LogP contribution in [0.25, 0.3) is 0 Å². The maximum atomic E-state index is 13.9. The Balaban J connectivity index is 2.10. The van der Waals surface area contributed by atoms with E-state index in [1.807, 2.05) is 6.92 Å². The summed E-state index contributed by atoms with van der Waals surface area (Å²) in [5.74, 6) is -0.985. The van der Waals surface area contributed by atoms with Crippen LogP contribution in [0, 0.1) is 11.7 Å². The first kappa shape index (κ1) is 14.9. The van der Waals surface area contributed by atoms with Gasteiger partial charge in [0.15, 0.2) is 0 Å². The highest BCUT2D eigenvalue weighted by Crippen LogP contribution is 2.25. The molecule has 3 N–H and O–H groups in total. The molecule has 1 amide bonds. The summed E-state index contributed by atoms with van der Waals surface area (Å²) >= 11 is 4.78. The smallest absolute Gasteiger partial charge is 0.230 e. The summed E-state index contributed by atoms with van der Waals surface area (Å²) in [6.45, 7) is 2.54. The molecule has 1 aromatic carbocycles. The van der Waals surface area contributed by atoms with Crippen molar-refractivity contribution in [1.29, 1.82) is 0 Å². The zero-order valence-electron chi connectivity index (χ0n) is 11.2. The molecule has 20 heavy (non-hydrogen) atoms. The van der Waals surface area contributed by atoms with E-state index in [2.05, 4.69) is 5.32 Å². The van der Waals surface area contributed by atoms with Gasteiger partial charge in [0.25, 0.3) is 0 Å². The largest absolute Gasteiger partial charge is 0.389 e. The predicted octanol–water partition coefficient (Wildman–Crippen LogP) is 2.21. The van der Waals surface area contributed by atoms with Crippen LogP contribution < -0.4 is 11.1 Å². The number of thiocarbonyl (C=S) groups is 1. The van der Waals surface area contributed by atoms with E-state index in [-0.39, 0.29) is 28.6 Å². The standard InChI is InChI=1S/C14H17FN2O2S/c1-2-12-9(5-6-19-12)14(18)17-11-4-3-8(13(16)20)7-10(11)15/h3-4,7,9,12H,2,5-6H2,1H3,(H2,16,20)(H,17,18). The van der Waals surface area contributed by atoms with Crippen LogP contribution in [0.5, 0.6) is 0 Å². The average molecular weight is 296 g/mol. The Morgan fingerprint density at radius 1 is 1.60 bits per heavy atom. The van der Waals surface area contributed by atoms with Crippen molar-refractivity contribution in [2.75, 3.05) is 11.9 Å². The van der Waals surface area contributed by atoms with Crippen molar-refractivity contribution in [2.45, 2.75) is 25.9 Å². The normalized spacial score (nSPS) is 21.7. The fraction of sp³-hybridized carbons (Fsp3) is 0.429. The van der Waals surface area contributed by atoms with Crippen LogP contribution in [-0.4, -0.2) is 23.6 Å². The second kappa shape index (κ2) is 6.28. The van der Waals surface area contributed by atoms with Crippen molar-refractivity contribution in [2.24, 2.45) is 11.7 Å². The Hall–Kier alpha value is -1.53. The lowest BCUT2D eigenvalue weighted by molar-refractivity contribution is -0.121. The van der Waals surface area contributed by atoms with E-state index >= 15 is 0 Å². The van der Waals surface area contributed by atoms with Crippen molar-refractivity contribution in [3.63, 3.8) is 0 Å². The third-order valence-corrected chi connectivity index (χ3v) is 3.70. The molecule has 4 nitrogen and oxygen atoms in total. The molecule has 0 saturated carbocycles. The monoisotopic (exact) mass is 296 g/mol. The molecule has 1 aliphatic heterocycles. The number of nitrogens with one attached hydrogen (secondary N) is 1. The van der Waals surface area contributed by atoms with Gasteiger partial charge in [-0.1, -0.05) is 19.1 Å². The van der Waals surface area contributed by atoms with Crippen LogP contribution in [-0.2, 0) is 9.53 Å². The van der Waals surface area contributed by atoms with Crippen molar-refractivity contribution >= 4 is 28.8 Å². The predicted molar refractivity (Wildman–Crippen MR) is 79.1 cm³/mol. The maximum absolute atomic E-state index is 13.9. The quantitative estimate of drug-likeness (QED) is 0.836. The van der Waals surface area contributed by atoms with Crippen LogP contribution in [0.2, 0.25) is 0 Å². The molecule has 2 unspecified atom stereocenters. The third kappa shape index (κ3) is 3.13. The van der Waals surface area contributed by atoms with Crippen molar-refractivity contribution in [3.8, 4) is 0 Å². The minimum absolute atomic E-state index is 0.0889. The zero-order valence-corrected chi connectivity index (χ0v) is 12.0. The molecule has 0 aromatic heterocycles. The number of amides is 1. The van der Waals surface area contributed by atoms with Crippen LogP contribution >= 0.6 is 12.2 Å². The maximum Gasteiger partial charge on any atom is 0.230 e. The highest BCUT2D eigenvalue weighted by atomic mass is 32.1. The van der Waals surface area contributed by atoms with E-state index in [9.17, 15) is 9.18 Å².